The first-order valence-corrected chi connectivity index (χ1v) is 4.66. The van der Waals surface area contributed by atoms with Crippen LogP contribution in [0, 0.1) is 0 Å². The Balaban J connectivity index is 2.83. The zero-order valence-corrected chi connectivity index (χ0v) is 8.74. The molecule has 0 N–H and O–H groups in total. The van der Waals surface area contributed by atoms with Crippen LogP contribution in [-0.4, -0.2) is 43.4 Å². The van der Waals surface area contributed by atoms with Crippen LogP contribution in [0.2, 0.25) is 0 Å². The van der Waals surface area contributed by atoms with Crippen LogP contribution in [0.3, 0.4) is 0 Å². The molecule has 1 rings (SSSR count). The molecule has 0 bridgehead atoms. The fourth-order valence-corrected chi connectivity index (χ4v) is 1.24. The van der Waals surface area contributed by atoms with Crippen molar-refractivity contribution in [2.45, 2.75) is 12.2 Å². The molecule has 1 aliphatic rings. The van der Waals surface area contributed by atoms with Gasteiger partial charge in [0.1, 0.15) is 0 Å². The molecule has 1 aliphatic heterocycles. The molecule has 1 fully saturated rings. The molecule has 18 heavy (non-hydrogen) atoms. The summed E-state index contributed by atoms with van der Waals surface area (Å²) in [6.45, 7) is -1.59. The van der Waals surface area contributed by atoms with E-state index in [1.807, 2.05) is 0 Å². The second kappa shape index (κ2) is 5.31. The third-order valence-electron chi connectivity index (χ3n) is 2.12. The molecule has 0 aliphatic carbocycles. The summed E-state index contributed by atoms with van der Waals surface area (Å²) in [5, 5.41) is 0. The molecule has 1 heterocycles. The van der Waals surface area contributed by atoms with Crippen molar-refractivity contribution in [2.24, 2.45) is 0 Å². The Labute approximate surface area is 96.7 Å². The van der Waals surface area contributed by atoms with E-state index in [9.17, 15) is 30.7 Å². The van der Waals surface area contributed by atoms with Crippen LogP contribution in [0.5, 0.6) is 0 Å². The van der Waals surface area contributed by atoms with Crippen molar-refractivity contribution in [1.82, 2.24) is 4.90 Å². The van der Waals surface area contributed by atoms with Crippen LogP contribution in [0.4, 0.5) is 30.7 Å². The first kappa shape index (κ1) is 15.0. The highest BCUT2D eigenvalue weighted by molar-refractivity contribution is 4.87. The summed E-state index contributed by atoms with van der Waals surface area (Å²) in [5.74, 6) is 0. The number of hydrogen-bond donors (Lipinski definition) is 0. The number of ether oxygens (including phenoxy) is 2. The van der Waals surface area contributed by atoms with Crippen LogP contribution >= 0.6 is 0 Å². The molecular formula is C8H8F7NO2. The zero-order valence-electron chi connectivity index (χ0n) is 8.74. The minimum absolute atomic E-state index is 0.0279. The minimum atomic E-state index is -5.42. The molecule has 0 radical (unpaired) electrons. The number of rotatable bonds is 4. The lowest BCUT2D eigenvalue weighted by molar-refractivity contribution is -0.388. The van der Waals surface area contributed by atoms with Crippen molar-refractivity contribution >= 4 is 0 Å². The molecule has 0 aromatic carbocycles. The van der Waals surface area contributed by atoms with Crippen molar-refractivity contribution in [3.05, 3.63) is 12.1 Å². The molecule has 3 nitrogen and oxygen atoms in total. The molecule has 0 spiro atoms. The summed E-state index contributed by atoms with van der Waals surface area (Å²) >= 11 is 0. The topological polar surface area (TPSA) is 21.7 Å². The summed E-state index contributed by atoms with van der Waals surface area (Å²) in [5.41, 5.74) is 0. The fourth-order valence-electron chi connectivity index (χ4n) is 1.24. The highest BCUT2D eigenvalue weighted by atomic mass is 19.3. The Morgan fingerprint density at radius 1 is 1.00 bits per heavy atom. The van der Waals surface area contributed by atoms with Crippen LogP contribution < -0.4 is 0 Å². The van der Waals surface area contributed by atoms with E-state index in [1.165, 1.54) is 0 Å². The van der Waals surface area contributed by atoms with Gasteiger partial charge in [-0.2, -0.15) is 30.7 Å². The molecule has 0 amide bonds. The second-order valence-corrected chi connectivity index (χ2v) is 3.29. The maximum absolute atomic E-state index is 13.3. The monoisotopic (exact) mass is 283 g/mol. The highest BCUT2D eigenvalue weighted by Crippen LogP contribution is 2.40. The fraction of sp³-hybridized carbons (Fsp3) is 0.750. The van der Waals surface area contributed by atoms with Gasteiger partial charge in [-0.15, -0.1) is 0 Å². The van der Waals surface area contributed by atoms with Gasteiger partial charge >= 0.3 is 24.2 Å². The molecule has 0 saturated carbocycles. The van der Waals surface area contributed by atoms with Crippen molar-refractivity contribution < 1.29 is 40.2 Å². The van der Waals surface area contributed by atoms with E-state index in [-0.39, 0.29) is 18.1 Å². The molecule has 0 aromatic heterocycles. The lowest BCUT2D eigenvalue weighted by Gasteiger charge is -2.36. The van der Waals surface area contributed by atoms with Gasteiger partial charge in [0.05, 0.1) is 13.2 Å². The summed E-state index contributed by atoms with van der Waals surface area (Å²) in [4.78, 5) is -0.0279. The molecule has 106 valence electrons. The van der Waals surface area contributed by atoms with Gasteiger partial charge in [-0.05, 0) is 0 Å². The van der Waals surface area contributed by atoms with Gasteiger partial charge in [-0.1, -0.05) is 0 Å². The maximum atomic E-state index is 13.3. The Morgan fingerprint density at radius 3 is 1.94 bits per heavy atom. The molecular weight excluding hydrogens is 275 g/mol. The average molecular weight is 283 g/mol. The van der Waals surface area contributed by atoms with E-state index in [4.69, 9.17) is 0 Å². The lowest BCUT2D eigenvalue weighted by atomic mass is 10.3. The van der Waals surface area contributed by atoms with Gasteiger partial charge in [0, 0.05) is 13.1 Å². The number of morpholine rings is 1. The zero-order chi connectivity index (χ0) is 14.0. The van der Waals surface area contributed by atoms with Crippen molar-refractivity contribution in [1.29, 1.82) is 0 Å². The Bertz CT molecular complexity index is 323. The second-order valence-electron chi connectivity index (χ2n) is 3.29. The van der Waals surface area contributed by atoms with Crippen LogP contribution in [-0.2, 0) is 9.47 Å². The van der Waals surface area contributed by atoms with E-state index >= 15 is 0 Å². The van der Waals surface area contributed by atoms with E-state index in [0.29, 0.717) is 0 Å². The summed E-state index contributed by atoms with van der Waals surface area (Å²) in [6.07, 6.45) is -8.66. The molecule has 10 heteroatoms. The summed E-state index contributed by atoms with van der Waals surface area (Å²) < 4.78 is 95.1. The standard InChI is InChI=1S/C8H8F7NO2/c9-5(10)6(11)18-8(14,15)7(12,13)16-1-3-17-4-2-16/h1-4H2. The Kier molecular flexibility index (Phi) is 4.43. The lowest BCUT2D eigenvalue weighted by Crippen LogP contribution is -2.58. The number of alkyl halides is 4. The largest absolute Gasteiger partial charge is 0.482 e. The van der Waals surface area contributed by atoms with Crippen LogP contribution in [0.15, 0.2) is 12.1 Å². The normalized spacial score (nSPS) is 18.6. The van der Waals surface area contributed by atoms with Crippen LogP contribution in [0.1, 0.15) is 0 Å². The van der Waals surface area contributed by atoms with E-state index in [2.05, 4.69) is 9.47 Å². The Morgan fingerprint density at radius 2 is 1.50 bits per heavy atom. The van der Waals surface area contributed by atoms with Crippen molar-refractivity contribution in [2.75, 3.05) is 26.3 Å². The molecule has 0 atom stereocenters. The third-order valence-corrected chi connectivity index (χ3v) is 2.12. The van der Waals surface area contributed by atoms with Gasteiger partial charge in [0.15, 0.2) is 0 Å². The van der Waals surface area contributed by atoms with E-state index in [0.717, 1.165) is 0 Å². The average Bonchev–Trinajstić information content (AvgIpc) is 2.29. The molecule has 1 saturated heterocycles. The SMILES string of the molecule is FC(F)=C(F)OC(F)(F)C(F)(F)N1CCOCC1. The predicted molar refractivity (Wildman–Crippen MR) is 43.7 cm³/mol. The molecule has 0 unspecified atom stereocenters. The number of hydrogen-bond acceptors (Lipinski definition) is 3. The quantitative estimate of drug-likeness (QED) is 0.449. The van der Waals surface area contributed by atoms with Gasteiger partial charge in [0.2, 0.25) is 0 Å². The summed E-state index contributed by atoms with van der Waals surface area (Å²) in [7, 11) is 0. The molecule has 0 aromatic rings. The van der Waals surface area contributed by atoms with Crippen LogP contribution in [0.25, 0.3) is 0 Å². The summed E-state index contributed by atoms with van der Waals surface area (Å²) in [6, 6.07) is -7.96. The predicted octanol–water partition coefficient (Wildman–Crippen LogP) is 2.56. The first-order chi connectivity index (χ1) is 8.18. The first-order valence-electron chi connectivity index (χ1n) is 4.66. The maximum Gasteiger partial charge on any atom is 0.482 e. The van der Waals surface area contributed by atoms with Gasteiger partial charge in [-0.3, -0.25) is 0 Å². The Hall–Kier alpha value is -1.03. The highest BCUT2D eigenvalue weighted by Gasteiger charge is 2.64. The van der Waals surface area contributed by atoms with Crippen molar-refractivity contribution in [3.8, 4) is 0 Å². The minimum Gasteiger partial charge on any atom is -0.397 e. The van der Waals surface area contributed by atoms with Gasteiger partial charge in [0.25, 0.3) is 0 Å². The number of nitrogens with zero attached hydrogens (tertiary/aromatic N) is 1. The van der Waals surface area contributed by atoms with Gasteiger partial charge in [-0.25, -0.2) is 4.90 Å². The number of halogens is 7. The smallest absolute Gasteiger partial charge is 0.397 e. The van der Waals surface area contributed by atoms with Crippen molar-refractivity contribution in [3.63, 3.8) is 0 Å². The van der Waals surface area contributed by atoms with E-state index < -0.39 is 37.3 Å². The van der Waals surface area contributed by atoms with Gasteiger partial charge < -0.3 is 9.47 Å². The third kappa shape index (κ3) is 3.05. The van der Waals surface area contributed by atoms with E-state index in [1.54, 1.807) is 0 Å².